The lowest BCUT2D eigenvalue weighted by atomic mass is 9.91. The molecule has 0 amide bonds. The Kier molecular flexibility index (Phi) is 4.07. The van der Waals surface area contributed by atoms with Gasteiger partial charge in [-0.1, -0.05) is 32.9 Å². The molecule has 0 aliphatic rings. The van der Waals surface area contributed by atoms with E-state index in [0.29, 0.717) is 5.41 Å². The molecule has 1 aromatic rings. The summed E-state index contributed by atoms with van der Waals surface area (Å²) in [6, 6.07) is 6.18. The molecule has 1 aromatic heterocycles. The normalized spacial score (nSPS) is 12.9. The van der Waals surface area contributed by atoms with Crippen LogP contribution in [0, 0.1) is 5.41 Å². The maximum Gasteiger partial charge on any atom is 0.169 e. The van der Waals surface area contributed by atoms with Crippen molar-refractivity contribution in [1.82, 2.24) is 0 Å². The number of rotatable bonds is 3. The van der Waals surface area contributed by atoms with Gasteiger partial charge in [0.15, 0.2) is 18.9 Å². The van der Waals surface area contributed by atoms with Gasteiger partial charge in [-0.25, -0.2) is 4.57 Å². The second kappa shape index (κ2) is 5.11. The largest absolute Gasteiger partial charge is 0.201 e. The number of allylic oxidation sites excluding steroid dienone is 2. The third kappa shape index (κ3) is 5.36. The number of aromatic nitrogens is 1. The smallest absolute Gasteiger partial charge is 0.169 e. The Morgan fingerprint density at radius 2 is 1.73 bits per heavy atom. The summed E-state index contributed by atoms with van der Waals surface area (Å²) in [7, 11) is 0. The molecule has 0 saturated heterocycles. The predicted octanol–water partition coefficient (Wildman–Crippen LogP) is 3.36. The highest BCUT2D eigenvalue weighted by atomic mass is 14.9. The quantitative estimate of drug-likeness (QED) is 0.525. The first-order chi connectivity index (χ1) is 6.97. The molecule has 1 heteroatoms. The molecule has 0 radical (unpaired) electrons. The summed E-state index contributed by atoms with van der Waals surface area (Å²) in [5.74, 6) is 0. The van der Waals surface area contributed by atoms with Crippen LogP contribution in [0.15, 0.2) is 42.2 Å². The van der Waals surface area contributed by atoms with Crippen LogP contribution in [0.3, 0.4) is 0 Å². The summed E-state index contributed by atoms with van der Waals surface area (Å²) in [5.41, 5.74) is 1.82. The molecule has 1 rings (SSSR count). The van der Waals surface area contributed by atoms with Crippen LogP contribution in [-0.4, -0.2) is 0 Å². The Balaban J connectivity index is 2.53. The van der Waals surface area contributed by atoms with Crippen molar-refractivity contribution in [2.75, 3.05) is 0 Å². The highest BCUT2D eigenvalue weighted by Crippen LogP contribution is 2.19. The van der Waals surface area contributed by atoms with E-state index in [0.717, 1.165) is 13.0 Å². The standard InChI is InChI=1S/C14H22N/c1-13(8-9-14(2,3)4)12-15-10-6-5-7-11-15/h5-8,10-11H,9,12H2,1-4H3/q+1/b13-8+. The van der Waals surface area contributed by atoms with Gasteiger partial charge in [0.25, 0.3) is 0 Å². The molecule has 1 heterocycles. The molecule has 0 atom stereocenters. The van der Waals surface area contributed by atoms with Crippen molar-refractivity contribution in [2.45, 2.75) is 40.7 Å². The van der Waals surface area contributed by atoms with Gasteiger partial charge in [-0.05, 0) is 24.3 Å². The van der Waals surface area contributed by atoms with E-state index in [9.17, 15) is 0 Å². The summed E-state index contributed by atoms with van der Waals surface area (Å²) in [5, 5.41) is 0. The highest BCUT2D eigenvalue weighted by molar-refractivity contribution is 4.97. The van der Waals surface area contributed by atoms with Gasteiger partial charge in [0.05, 0.1) is 0 Å². The first kappa shape index (κ1) is 12.0. The minimum absolute atomic E-state index is 0.391. The second-order valence-electron chi connectivity index (χ2n) is 5.36. The number of pyridine rings is 1. The average Bonchev–Trinajstić information content (AvgIpc) is 2.15. The molecular formula is C14H22N+. The molecule has 0 aromatic carbocycles. The Labute approximate surface area is 93.5 Å². The van der Waals surface area contributed by atoms with Gasteiger partial charge in [0, 0.05) is 12.1 Å². The molecule has 1 nitrogen and oxygen atoms in total. The van der Waals surface area contributed by atoms with E-state index in [-0.39, 0.29) is 0 Å². The highest BCUT2D eigenvalue weighted by Gasteiger charge is 2.08. The van der Waals surface area contributed by atoms with E-state index >= 15 is 0 Å². The zero-order chi connectivity index (χ0) is 11.3. The van der Waals surface area contributed by atoms with E-state index in [2.05, 4.69) is 62.9 Å². The third-order valence-electron chi connectivity index (χ3n) is 2.27. The van der Waals surface area contributed by atoms with Gasteiger partial charge in [-0.3, -0.25) is 0 Å². The summed E-state index contributed by atoms with van der Waals surface area (Å²) in [6.07, 6.45) is 7.70. The van der Waals surface area contributed by atoms with Crippen molar-refractivity contribution in [3.05, 3.63) is 42.2 Å². The number of hydrogen-bond acceptors (Lipinski definition) is 0. The minimum Gasteiger partial charge on any atom is -0.201 e. The molecule has 0 N–H and O–H groups in total. The molecule has 0 unspecified atom stereocenters. The topological polar surface area (TPSA) is 3.88 Å². The lowest BCUT2D eigenvalue weighted by molar-refractivity contribution is -0.689. The van der Waals surface area contributed by atoms with Crippen LogP contribution in [-0.2, 0) is 6.54 Å². The van der Waals surface area contributed by atoms with Crippen LogP contribution in [0.25, 0.3) is 0 Å². The molecule has 0 bridgehead atoms. The van der Waals surface area contributed by atoms with Gasteiger partial charge >= 0.3 is 0 Å². The number of hydrogen-bond donors (Lipinski definition) is 0. The monoisotopic (exact) mass is 204 g/mol. The van der Waals surface area contributed by atoms with Crippen molar-refractivity contribution < 1.29 is 4.57 Å². The molecule has 82 valence electrons. The van der Waals surface area contributed by atoms with Crippen LogP contribution in [0.4, 0.5) is 0 Å². The third-order valence-corrected chi connectivity index (χ3v) is 2.27. The Morgan fingerprint density at radius 1 is 1.13 bits per heavy atom. The molecule has 0 aliphatic carbocycles. The van der Waals surface area contributed by atoms with Gasteiger partial charge in [-0.2, -0.15) is 0 Å². The fourth-order valence-electron chi connectivity index (χ4n) is 1.37. The zero-order valence-electron chi connectivity index (χ0n) is 10.3. The first-order valence-corrected chi connectivity index (χ1v) is 5.57. The summed E-state index contributed by atoms with van der Waals surface area (Å²) >= 11 is 0. The van der Waals surface area contributed by atoms with Crippen LogP contribution in [0.5, 0.6) is 0 Å². The minimum atomic E-state index is 0.391. The SMILES string of the molecule is C/C(=C\CC(C)(C)C)C[n+]1ccccc1. The summed E-state index contributed by atoms with van der Waals surface area (Å²) in [4.78, 5) is 0. The fraction of sp³-hybridized carbons (Fsp3) is 0.500. The van der Waals surface area contributed by atoms with E-state index in [1.165, 1.54) is 5.57 Å². The molecule has 0 spiro atoms. The predicted molar refractivity (Wildman–Crippen MR) is 64.5 cm³/mol. The molecule has 0 saturated carbocycles. The Hall–Kier alpha value is -1.11. The second-order valence-corrected chi connectivity index (χ2v) is 5.36. The zero-order valence-corrected chi connectivity index (χ0v) is 10.3. The van der Waals surface area contributed by atoms with Crippen molar-refractivity contribution >= 4 is 0 Å². The maximum absolute atomic E-state index is 2.35. The Morgan fingerprint density at radius 3 is 2.27 bits per heavy atom. The lowest BCUT2D eigenvalue weighted by Crippen LogP contribution is -2.32. The van der Waals surface area contributed by atoms with Gasteiger partial charge in [0.2, 0.25) is 0 Å². The average molecular weight is 204 g/mol. The van der Waals surface area contributed by atoms with Gasteiger partial charge in [-0.15, -0.1) is 0 Å². The maximum atomic E-state index is 2.35. The van der Waals surface area contributed by atoms with Crippen LogP contribution >= 0.6 is 0 Å². The molecule has 0 aliphatic heterocycles. The molecule has 15 heavy (non-hydrogen) atoms. The van der Waals surface area contributed by atoms with Crippen LogP contribution in [0.1, 0.15) is 34.1 Å². The van der Waals surface area contributed by atoms with Crippen molar-refractivity contribution in [1.29, 1.82) is 0 Å². The van der Waals surface area contributed by atoms with Gasteiger partial charge < -0.3 is 0 Å². The number of nitrogens with zero attached hydrogens (tertiary/aromatic N) is 1. The first-order valence-electron chi connectivity index (χ1n) is 5.57. The fourth-order valence-corrected chi connectivity index (χ4v) is 1.37. The lowest BCUT2D eigenvalue weighted by Gasteiger charge is -2.15. The Bertz CT molecular complexity index is 317. The van der Waals surface area contributed by atoms with Crippen molar-refractivity contribution in [3.8, 4) is 0 Å². The van der Waals surface area contributed by atoms with Crippen molar-refractivity contribution in [2.24, 2.45) is 5.41 Å². The van der Waals surface area contributed by atoms with Crippen LogP contribution in [0.2, 0.25) is 0 Å². The van der Waals surface area contributed by atoms with E-state index in [1.807, 2.05) is 6.07 Å². The van der Waals surface area contributed by atoms with Crippen LogP contribution < -0.4 is 4.57 Å². The molecular weight excluding hydrogens is 182 g/mol. The van der Waals surface area contributed by atoms with E-state index in [4.69, 9.17) is 0 Å². The van der Waals surface area contributed by atoms with Crippen molar-refractivity contribution in [3.63, 3.8) is 0 Å². The van der Waals surface area contributed by atoms with E-state index in [1.54, 1.807) is 0 Å². The van der Waals surface area contributed by atoms with Gasteiger partial charge in [0.1, 0.15) is 0 Å². The molecule has 0 fully saturated rings. The summed E-state index contributed by atoms with van der Waals surface area (Å²) in [6.45, 7) is 10.0. The van der Waals surface area contributed by atoms with E-state index < -0.39 is 0 Å². The summed E-state index contributed by atoms with van der Waals surface area (Å²) < 4.78 is 2.20.